The first-order valence-corrected chi connectivity index (χ1v) is 9.94. The largest absolute Gasteiger partial charge is 0.422 e. The Morgan fingerprint density at radius 2 is 1.80 bits per heavy atom. The van der Waals surface area contributed by atoms with Crippen LogP contribution in [0.3, 0.4) is 0 Å². The van der Waals surface area contributed by atoms with Crippen LogP contribution in [0.15, 0.2) is 48.5 Å². The van der Waals surface area contributed by atoms with Crippen LogP contribution in [0.4, 0.5) is 5.69 Å². The van der Waals surface area contributed by atoms with Gasteiger partial charge in [-0.15, -0.1) is 0 Å². The van der Waals surface area contributed by atoms with Crippen molar-refractivity contribution in [2.75, 3.05) is 5.32 Å². The Balaban J connectivity index is 1.45. The number of aryl methyl sites for hydroxylation is 1. The molecule has 2 N–H and O–H groups in total. The molecule has 1 aromatic heterocycles. The highest BCUT2D eigenvalue weighted by molar-refractivity contribution is 6.34. The number of benzene rings is 2. The van der Waals surface area contributed by atoms with Gasteiger partial charge in [0.25, 0.3) is 5.91 Å². The molecule has 152 valence electrons. The topological polar surface area (TPSA) is 88.3 Å². The van der Waals surface area contributed by atoms with Gasteiger partial charge in [-0.25, -0.2) is 4.79 Å². The summed E-state index contributed by atoms with van der Waals surface area (Å²) in [5.74, 6) is -0.498. The predicted molar refractivity (Wildman–Crippen MR) is 114 cm³/mol. The predicted octanol–water partition coefficient (Wildman–Crippen LogP) is 4.97. The maximum absolute atomic E-state index is 12.6. The lowest BCUT2D eigenvalue weighted by molar-refractivity contribution is 0.0728. The number of rotatable bonds is 4. The number of aromatic amines is 1. The zero-order valence-electron chi connectivity index (χ0n) is 16.3. The lowest BCUT2D eigenvalue weighted by Crippen LogP contribution is -2.13. The molecule has 30 heavy (non-hydrogen) atoms. The van der Waals surface area contributed by atoms with Crippen molar-refractivity contribution in [3.8, 4) is 5.75 Å². The third kappa shape index (κ3) is 3.86. The van der Waals surface area contributed by atoms with E-state index in [1.54, 1.807) is 55.5 Å². The molecule has 6 nitrogen and oxygen atoms in total. The number of aromatic nitrogens is 1. The normalized spacial score (nSPS) is 12.9. The third-order valence-electron chi connectivity index (χ3n) is 5.08. The average Bonchev–Trinajstić information content (AvgIpc) is 3.07. The second kappa shape index (κ2) is 8.16. The molecule has 0 saturated carbocycles. The number of esters is 1. The minimum atomic E-state index is -0.553. The molecule has 1 heterocycles. The fraction of sp³-hybridized carbons (Fsp3) is 0.174. The Hall–Kier alpha value is -3.38. The molecule has 0 radical (unpaired) electrons. The van der Waals surface area contributed by atoms with E-state index in [4.69, 9.17) is 16.3 Å². The summed E-state index contributed by atoms with van der Waals surface area (Å²) < 4.78 is 5.44. The van der Waals surface area contributed by atoms with Gasteiger partial charge in [-0.1, -0.05) is 23.7 Å². The van der Waals surface area contributed by atoms with E-state index in [2.05, 4.69) is 10.3 Å². The van der Waals surface area contributed by atoms with Gasteiger partial charge < -0.3 is 15.0 Å². The van der Waals surface area contributed by atoms with Crippen molar-refractivity contribution >= 4 is 34.9 Å². The number of Topliss-reactive ketones (excluding diaryl/α,β-unsaturated/α-hetero) is 1. The zero-order valence-corrected chi connectivity index (χ0v) is 17.0. The van der Waals surface area contributed by atoms with Gasteiger partial charge in [0.2, 0.25) is 0 Å². The molecule has 4 rings (SSSR count). The van der Waals surface area contributed by atoms with E-state index in [-0.39, 0.29) is 11.7 Å². The summed E-state index contributed by atoms with van der Waals surface area (Å²) in [6.07, 6.45) is 2.03. The minimum absolute atomic E-state index is 0.0580. The van der Waals surface area contributed by atoms with E-state index in [1.165, 1.54) is 0 Å². The number of ketones is 1. The molecular formula is C23H19ClN2O4. The van der Waals surface area contributed by atoms with Crippen LogP contribution in [0.5, 0.6) is 5.75 Å². The van der Waals surface area contributed by atoms with Crippen LogP contribution in [-0.2, 0) is 6.42 Å². The highest BCUT2D eigenvalue weighted by Crippen LogP contribution is 2.27. The van der Waals surface area contributed by atoms with Crippen LogP contribution < -0.4 is 10.1 Å². The molecule has 1 aliphatic carbocycles. The van der Waals surface area contributed by atoms with Crippen LogP contribution in [0, 0.1) is 6.92 Å². The van der Waals surface area contributed by atoms with Crippen molar-refractivity contribution in [1.29, 1.82) is 0 Å². The molecule has 1 aliphatic rings. The second-order valence-corrected chi connectivity index (χ2v) is 7.51. The number of fused-ring (bicyclic) bond motifs is 1. The van der Waals surface area contributed by atoms with Crippen molar-refractivity contribution in [2.45, 2.75) is 26.2 Å². The van der Waals surface area contributed by atoms with Crippen LogP contribution in [0.2, 0.25) is 5.02 Å². The monoisotopic (exact) mass is 422 g/mol. The van der Waals surface area contributed by atoms with E-state index < -0.39 is 5.97 Å². The Labute approximate surface area is 178 Å². The van der Waals surface area contributed by atoms with E-state index in [0.29, 0.717) is 45.3 Å². The number of carbonyl (C=O) groups is 3. The lowest BCUT2D eigenvalue weighted by Gasteiger charge is -2.09. The Bertz CT molecular complexity index is 1150. The summed E-state index contributed by atoms with van der Waals surface area (Å²) in [6, 6.07) is 13.2. The number of halogens is 1. The average molecular weight is 423 g/mol. The molecule has 0 unspecified atom stereocenters. The number of H-pyrrole nitrogens is 1. The molecule has 0 spiro atoms. The zero-order chi connectivity index (χ0) is 21.3. The van der Waals surface area contributed by atoms with E-state index in [1.807, 2.05) is 0 Å². The number of nitrogens with one attached hydrogen (secondary N) is 2. The van der Waals surface area contributed by atoms with Gasteiger partial charge in [0.15, 0.2) is 5.78 Å². The molecule has 0 aliphatic heterocycles. The fourth-order valence-electron chi connectivity index (χ4n) is 3.59. The molecule has 0 bridgehead atoms. The summed E-state index contributed by atoms with van der Waals surface area (Å²) in [5, 5.41) is 3.11. The van der Waals surface area contributed by atoms with Gasteiger partial charge in [-0.3, -0.25) is 9.59 Å². The van der Waals surface area contributed by atoms with Gasteiger partial charge in [-0.2, -0.15) is 0 Å². The summed E-state index contributed by atoms with van der Waals surface area (Å²) in [5.41, 5.74) is 3.25. The van der Waals surface area contributed by atoms with Gasteiger partial charge in [0.05, 0.1) is 10.6 Å². The van der Waals surface area contributed by atoms with Gasteiger partial charge >= 0.3 is 5.97 Å². The van der Waals surface area contributed by atoms with Gasteiger partial charge in [0.1, 0.15) is 11.4 Å². The maximum atomic E-state index is 12.6. The number of hydrogen-bond donors (Lipinski definition) is 2. The quantitative estimate of drug-likeness (QED) is 0.459. The van der Waals surface area contributed by atoms with Crippen molar-refractivity contribution in [2.24, 2.45) is 0 Å². The van der Waals surface area contributed by atoms with Crippen molar-refractivity contribution in [1.82, 2.24) is 4.98 Å². The number of amides is 1. The number of hydrogen-bond acceptors (Lipinski definition) is 4. The molecular weight excluding hydrogens is 404 g/mol. The Kier molecular flexibility index (Phi) is 5.42. The molecule has 1 amide bonds. The molecule has 0 fully saturated rings. The minimum Gasteiger partial charge on any atom is -0.422 e. The molecule has 3 aromatic rings. The smallest absolute Gasteiger partial charge is 0.360 e. The summed E-state index contributed by atoms with van der Waals surface area (Å²) in [7, 11) is 0. The summed E-state index contributed by atoms with van der Waals surface area (Å²) >= 11 is 6.04. The first kappa shape index (κ1) is 19.9. The van der Waals surface area contributed by atoms with E-state index in [9.17, 15) is 14.4 Å². The van der Waals surface area contributed by atoms with Crippen molar-refractivity contribution in [3.05, 3.63) is 81.6 Å². The van der Waals surface area contributed by atoms with Crippen molar-refractivity contribution in [3.63, 3.8) is 0 Å². The molecule has 7 heteroatoms. The van der Waals surface area contributed by atoms with Crippen molar-refractivity contribution < 1.29 is 19.1 Å². The van der Waals surface area contributed by atoms with Gasteiger partial charge in [-0.05, 0) is 61.7 Å². The summed E-state index contributed by atoms with van der Waals surface area (Å²) in [4.78, 5) is 40.1. The van der Waals surface area contributed by atoms with Crippen LogP contribution >= 0.6 is 11.6 Å². The molecule has 2 aromatic carbocycles. The highest BCUT2D eigenvalue weighted by atomic mass is 35.5. The van der Waals surface area contributed by atoms with E-state index in [0.717, 1.165) is 18.5 Å². The molecule has 0 atom stereocenters. The Morgan fingerprint density at radius 1 is 1.07 bits per heavy atom. The third-order valence-corrected chi connectivity index (χ3v) is 5.41. The maximum Gasteiger partial charge on any atom is 0.360 e. The first-order chi connectivity index (χ1) is 14.4. The SMILES string of the molecule is Cc1c(C(=O)Oc2ccc(NC(=O)c3ccccc3Cl)cc2)[nH]c2c1C(=O)CCC2. The molecule has 0 saturated heterocycles. The highest BCUT2D eigenvalue weighted by Gasteiger charge is 2.27. The fourth-order valence-corrected chi connectivity index (χ4v) is 3.81. The summed E-state index contributed by atoms with van der Waals surface area (Å²) in [6.45, 7) is 1.75. The standard InChI is InChI=1S/C23H19ClN2O4/c1-13-20-18(7-4-8-19(20)27)26-21(13)23(29)30-15-11-9-14(10-12-15)25-22(28)16-5-2-3-6-17(16)24/h2-3,5-6,9-12,26H,4,7-8H2,1H3,(H,25,28). The number of ether oxygens (including phenoxy) is 1. The van der Waals surface area contributed by atoms with Gasteiger partial charge in [0, 0.05) is 23.4 Å². The number of carbonyl (C=O) groups excluding carboxylic acids is 3. The van der Waals surface area contributed by atoms with Crippen LogP contribution in [-0.4, -0.2) is 22.6 Å². The van der Waals surface area contributed by atoms with E-state index >= 15 is 0 Å². The van der Waals surface area contributed by atoms with Crippen LogP contribution in [0.25, 0.3) is 0 Å². The second-order valence-electron chi connectivity index (χ2n) is 7.10. The number of anilines is 1. The lowest BCUT2D eigenvalue weighted by atomic mass is 9.94. The first-order valence-electron chi connectivity index (χ1n) is 9.57. The Morgan fingerprint density at radius 3 is 2.50 bits per heavy atom. The van der Waals surface area contributed by atoms with Crippen LogP contribution in [0.1, 0.15) is 55.3 Å².